The molecule has 4 aromatic rings. The van der Waals surface area contributed by atoms with Gasteiger partial charge in [0.1, 0.15) is 17.0 Å². The average Bonchev–Trinajstić information content (AvgIpc) is 3.01. The van der Waals surface area contributed by atoms with Crippen LogP contribution in [0.4, 0.5) is 13.2 Å². The summed E-state index contributed by atoms with van der Waals surface area (Å²) in [5.41, 5.74) is 5.96. The van der Waals surface area contributed by atoms with Crippen LogP contribution in [0.25, 0.3) is 33.3 Å². The number of nitrogen functional groups attached to an aromatic ring is 1. The lowest BCUT2D eigenvalue weighted by molar-refractivity contribution is -0.140. The van der Waals surface area contributed by atoms with Crippen molar-refractivity contribution in [2.75, 3.05) is 13.0 Å². The van der Waals surface area contributed by atoms with Gasteiger partial charge in [-0.3, -0.25) is 4.79 Å². The van der Waals surface area contributed by atoms with Crippen LogP contribution in [0.1, 0.15) is 16.1 Å². The molecule has 4 rings (SSSR count). The Kier molecular flexibility index (Phi) is 4.07. The van der Waals surface area contributed by atoms with Gasteiger partial charge in [0.25, 0.3) is 0 Å². The molecule has 0 radical (unpaired) electrons. The SMILES string of the molecule is COc1ccc(-c2nc3cc(C(N)=O)ccc3n2N)c2ccc(C(F)(F)F)nc12. The lowest BCUT2D eigenvalue weighted by atomic mass is 10.1. The van der Waals surface area contributed by atoms with Crippen LogP contribution in [0.2, 0.25) is 0 Å². The Labute approximate surface area is 161 Å². The molecule has 148 valence electrons. The molecule has 0 atom stereocenters. The number of hydrogen-bond acceptors (Lipinski definition) is 5. The van der Waals surface area contributed by atoms with Crippen molar-refractivity contribution in [3.63, 3.8) is 0 Å². The number of nitrogens with two attached hydrogens (primary N) is 2. The largest absolute Gasteiger partial charge is 0.494 e. The van der Waals surface area contributed by atoms with Crippen LogP contribution in [0.3, 0.4) is 0 Å². The molecule has 0 aliphatic carbocycles. The number of fused-ring (bicyclic) bond motifs is 2. The number of hydrogen-bond donors (Lipinski definition) is 2. The lowest BCUT2D eigenvalue weighted by Crippen LogP contribution is -2.12. The van der Waals surface area contributed by atoms with E-state index in [1.807, 2.05) is 0 Å². The van der Waals surface area contributed by atoms with Gasteiger partial charge in [0.05, 0.1) is 18.1 Å². The molecular weight excluding hydrogens is 387 g/mol. The number of nitrogens with zero attached hydrogens (tertiary/aromatic N) is 3. The van der Waals surface area contributed by atoms with Crippen LogP contribution >= 0.6 is 0 Å². The number of benzene rings is 2. The van der Waals surface area contributed by atoms with Crippen molar-refractivity contribution in [3.05, 3.63) is 53.7 Å². The van der Waals surface area contributed by atoms with E-state index in [-0.39, 0.29) is 22.7 Å². The standard InChI is InChI=1S/C19H14F3N5O2/c1-29-14-6-3-11(10-4-7-15(19(20,21)22)26-16(10)14)18-25-12-8-9(17(23)28)2-5-13(12)27(18)24/h2-8H,24H2,1H3,(H2,23,28). The fourth-order valence-corrected chi connectivity index (χ4v) is 3.15. The first-order valence-electron chi connectivity index (χ1n) is 8.33. The molecule has 4 N–H and O–H groups in total. The van der Waals surface area contributed by atoms with Crippen LogP contribution in [0, 0.1) is 0 Å². The van der Waals surface area contributed by atoms with E-state index >= 15 is 0 Å². The van der Waals surface area contributed by atoms with Gasteiger partial charge in [0.15, 0.2) is 5.82 Å². The van der Waals surface area contributed by atoms with E-state index in [0.29, 0.717) is 22.0 Å². The molecule has 10 heteroatoms. The van der Waals surface area contributed by atoms with Crippen LogP contribution in [-0.4, -0.2) is 27.7 Å². The topological polar surface area (TPSA) is 109 Å². The van der Waals surface area contributed by atoms with Gasteiger partial charge in [-0.1, -0.05) is 0 Å². The van der Waals surface area contributed by atoms with Crippen molar-refractivity contribution >= 4 is 27.8 Å². The number of carbonyl (C=O) groups is 1. The molecule has 2 aromatic heterocycles. The van der Waals surface area contributed by atoms with Gasteiger partial charge in [-0.25, -0.2) is 14.6 Å². The minimum absolute atomic E-state index is 0.0321. The van der Waals surface area contributed by atoms with Gasteiger partial charge in [0, 0.05) is 16.5 Å². The smallest absolute Gasteiger partial charge is 0.433 e. The Bertz CT molecular complexity index is 1280. The molecule has 1 amide bonds. The zero-order valence-corrected chi connectivity index (χ0v) is 15.0. The highest BCUT2D eigenvalue weighted by Gasteiger charge is 2.33. The van der Waals surface area contributed by atoms with E-state index in [4.69, 9.17) is 16.3 Å². The second-order valence-corrected chi connectivity index (χ2v) is 6.28. The number of pyridine rings is 1. The van der Waals surface area contributed by atoms with E-state index in [1.54, 1.807) is 12.1 Å². The summed E-state index contributed by atoms with van der Waals surface area (Å²) in [6.07, 6.45) is -4.60. The summed E-state index contributed by atoms with van der Waals surface area (Å²) >= 11 is 0. The quantitative estimate of drug-likeness (QED) is 0.513. The number of carbonyl (C=O) groups excluding carboxylic acids is 1. The van der Waals surface area contributed by atoms with Crippen molar-refractivity contribution in [2.24, 2.45) is 5.73 Å². The van der Waals surface area contributed by atoms with E-state index in [9.17, 15) is 18.0 Å². The van der Waals surface area contributed by atoms with Crippen LogP contribution < -0.4 is 16.3 Å². The van der Waals surface area contributed by atoms with Gasteiger partial charge in [-0.15, -0.1) is 0 Å². The van der Waals surface area contributed by atoms with E-state index in [0.717, 1.165) is 6.07 Å². The predicted octanol–water partition coefficient (Wildman–Crippen LogP) is 3.09. The predicted molar refractivity (Wildman–Crippen MR) is 101 cm³/mol. The first-order valence-corrected chi connectivity index (χ1v) is 8.33. The Hall–Kier alpha value is -3.82. The number of methoxy groups -OCH3 is 1. The van der Waals surface area contributed by atoms with Crippen molar-refractivity contribution in [1.29, 1.82) is 0 Å². The van der Waals surface area contributed by atoms with Crippen LogP contribution in [0.15, 0.2) is 42.5 Å². The summed E-state index contributed by atoms with van der Waals surface area (Å²) in [4.78, 5) is 19.6. The Balaban J connectivity index is 1.99. The third-order valence-corrected chi connectivity index (χ3v) is 4.55. The Morgan fingerprint density at radius 3 is 2.52 bits per heavy atom. The third kappa shape index (κ3) is 2.98. The number of imidazole rings is 1. The molecular formula is C19H14F3N5O2. The first kappa shape index (κ1) is 18.5. The number of rotatable bonds is 3. The molecule has 0 fully saturated rings. The minimum atomic E-state index is -4.60. The molecule has 0 unspecified atom stereocenters. The fraction of sp³-hybridized carbons (Fsp3) is 0.105. The normalized spacial score (nSPS) is 11.9. The van der Waals surface area contributed by atoms with Crippen molar-refractivity contribution < 1.29 is 22.7 Å². The Morgan fingerprint density at radius 2 is 1.86 bits per heavy atom. The summed E-state index contributed by atoms with van der Waals surface area (Å²) in [6, 6.07) is 9.93. The second kappa shape index (κ2) is 6.36. The molecule has 0 aliphatic heterocycles. The highest BCUT2D eigenvalue weighted by Crippen LogP contribution is 2.36. The molecule has 29 heavy (non-hydrogen) atoms. The number of alkyl halides is 3. The van der Waals surface area contributed by atoms with E-state index < -0.39 is 17.8 Å². The maximum absolute atomic E-state index is 13.1. The van der Waals surface area contributed by atoms with Gasteiger partial charge in [-0.05, 0) is 42.5 Å². The third-order valence-electron chi connectivity index (χ3n) is 4.55. The summed E-state index contributed by atoms with van der Waals surface area (Å²) in [5, 5.41) is 0.384. The Morgan fingerprint density at radius 1 is 1.10 bits per heavy atom. The van der Waals surface area contributed by atoms with Crippen molar-refractivity contribution in [2.45, 2.75) is 6.18 Å². The van der Waals surface area contributed by atoms with Crippen LogP contribution in [-0.2, 0) is 6.18 Å². The monoisotopic (exact) mass is 401 g/mol. The number of halogens is 3. The molecule has 2 aromatic carbocycles. The summed E-state index contributed by atoms with van der Waals surface area (Å²) in [7, 11) is 1.35. The van der Waals surface area contributed by atoms with Crippen LogP contribution in [0.5, 0.6) is 5.75 Å². The van der Waals surface area contributed by atoms with Gasteiger partial charge in [0.2, 0.25) is 5.91 Å². The summed E-state index contributed by atoms with van der Waals surface area (Å²) < 4.78 is 45.8. The molecule has 0 saturated carbocycles. The fourth-order valence-electron chi connectivity index (χ4n) is 3.15. The molecule has 2 heterocycles. The van der Waals surface area contributed by atoms with Crippen molar-refractivity contribution in [3.8, 4) is 17.1 Å². The van der Waals surface area contributed by atoms with Gasteiger partial charge < -0.3 is 16.3 Å². The zero-order chi connectivity index (χ0) is 20.9. The maximum Gasteiger partial charge on any atom is 0.433 e. The molecule has 0 spiro atoms. The van der Waals surface area contributed by atoms with E-state index in [2.05, 4.69) is 9.97 Å². The number of amides is 1. The summed E-state index contributed by atoms with van der Waals surface area (Å²) in [5.74, 6) is 6.03. The number of primary amides is 1. The highest BCUT2D eigenvalue weighted by molar-refractivity contribution is 6.00. The van der Waals surface area contributed by atoms with Gasteiger partial charge >= 0.3 is 6.18 Å². The zero-order valence-electron chi connectivity index (χ0n) is 15.0. The maximum atomic E-state index is 13.1. The average molecular weight is 401 g/mol. The highest BCUT2D eigenvalue weighted by atomic mass is 19.4. The molecule has 7 nitrogen and oxygen atoms in total. The lowest BCUT2D eigenvalue weighted by Gasteiger charge is -2.12. The second-order valence-electron chi connectivity index (χ2n) is 6.28. The number of aromatic nitrogens is 3. The minimum Gasteiger partial charge on any atom is -0.494 e. The van der Waals surface area contributed by atoms with E-state index in [1.165, 1.54) is 36.1 Å². The first-order chi connectivity index (χ1) is 13.7. The molecule has 0 aliphatic rings. The number of ether oxygens (including phenoxy) is 1. The van der Waals surface area contributed by atoms with Crippen molar-refractivity contribution in [1.82, 2.24) is 14.6 Å². The molecule has 0 saturated heterocycles. The summed E-state index contributed by atoms with van der Waals surface area (Å²) in [6.45, 7) is 0. The van der Waals surface area contributed by atoms with Gasteiger partial charge in [-0.2, -0.15) is 13.2 Å². The molecule has 0 bridgehead atoms.